The molecule has 0 saturated heterocycles. The molecule has 30 heavy (non-hydrogen) atoms. The Balaban J connectivity index is 1.56. The van der Waals surface area contributed by atoms with Crippen molar-refractivity contribution in [3.05, 3.63) is 76.5 Å². The number of rotatable bonds is 10. The van der Waals surface area contributed by atoms with E-state index in [1.165, 1.54) is 24.8 Å². The lowest BCUT2D eigenvalue weighted by atomic mass is 10.2. The van der Waals surface area contributed by atoms with Gasteiger partial charge in [-0.15, -0.1) is 0 Å². The number of amides is 1. The number of methoxy groups -OCH3 is 1. The van der Waals surface area contributed by atoms with Crippen molar-refractivity contribution in [3.63, 3.8) is 0 Å². The van der Waals surface area contributed by atoms with Gasteiger partial charge in [0.25, 0.3) is 15.9 Å². The zero-order chi connectivity index (χ0) is 21.4. The third kappa shape index (κ3) is 6.25. The molecule has 158 valence electrons. The number of carbonyl (C=O) groups is 1. The first-order chi connectivity index (χ1) is 14.5. The standard InChI is InChI=1S/C21H22N2O4S3/c1-27-19-7-5-18(6-8-19)23-30(25,26)20-4-2-3-17(13-20)21(24)22-10-12-29-15-16-9-11-28-14-16/h2-9,11,13-14,23H,10,12,15H2,1H3,(H,22,24). The lowest BCUT2D eigenvalue weighted by molar-refractivity contribution is 0.0956. The highest BCUT2D eigenvalue weighted by Crippen LogP contribution is 2.20. The minimum Gasteiger partial charge on any atom is -0.497 e. The molecule has 0 radical (unpaired) electrons. The van der Waals surface area contributed by atoms with Gasteiger partial charge in [0.1, 0.15) is 5.75 Å². The number of carbonyl (C=O) groups excluding carboxylic acids is 1. The van der Waals surface area contributed by atoms with Crippen LogP contribution in [0.5, 0.6) is 5.75 Å². The third-order valence-electron chi connectivity index (χ3n) is 4.13. The predicted molar refractivity (Wildman–Crippen MR) is 123 cm³/mol. The summed E-state index contributed by atoms with van der Waals surface area (Å²) in [5, 5.41) is 6.99. The summed E-state index contributed by atoms with van der Waals surface area (Å²) in [6.45, 7) is 0.509. The van der Waals surface area contributed by atoms with Gasteiger partial charge in [0.05, 0.1) is 12.0 Å². The molecule has 0 unspecified atom stereocenters. The molecule has 0 atom stereocenters. The Morgan fingerprint density at radius 1 is 1.13 bits per heavy atom. The molecule has 0 spiro atoms. The first-order valence-electron chi connectivity index (χ1n) is 9.12. The minimum absolute atomic E-state index is 0.0257. The van der Waals surface area contributed by atoms with Gasteiger partial charge in [-0.2, -0.15) is 23.1 Å². The number of hydrogen-bond donors (Lipinski definition) is 2. The molecule has 0 bridgehead atoms. The molecule has 2 N–H and O–H groups in total. The average molecular weight is 463 g/mol. The normalized spacial score (nSPS) is 11.1. The van der Waals surface area contributed by atoms with Crippen LogP contribution in [0.3, 0.4) is 0 Å². The SMILES string of the molecule is COc1ccc(NS(=O)(=O)c2cccc(C(=O)NCCSCc3ccsc3)c2)cc1. The van der Waals surface area contributed by atoms with Crippen LogP contribution >= 0.6 is 23.1 Å². The molecular weight excluding hydrogens is 440 g/mol. The number of benzene rings is 2. The second-order valence-electron chi connectivity index (χ2n) is 6.30. The molecule has 0 aliphatic heterocycles. The van der Waals surface area contributed by atoms with Crippen LogP contribution in [-0.4, -0.2) is 33.7 Å². The summed E-state index contributed by atoms with van der Waals surface area (Å²) in [5.41, 5.74) is 1.99. The third-order valence-corrected chi connectivity index (χ3v) is 7.27. The number of thiophene rings is 1. The van der Waals surface area contributed by atoms with E-state index < -0.39 is 10.0 Å². The summed E-state index contributed by atoms with van der Waals surface area (Å²) in [6, 6.07) is 14.6. The van der Waals surface area contributed by atoms with Crippen molar-refractivity contribution in [2.75, 3.05) is 24.1 Å². The fourth-order valence-corrected chi connectivity index (χ4v) is 5.27. The van der Waals surface area contributed by atoms with Crippen LogP contribution < -0.4 is 14.8 Å². The molecule has 0 aliphatic rings. The second kappa shape index (κ2) is 10.5. The van der Waals surface area contributed by atoms with E-state index in [4.69, 9.17) is 4.74 Å². The molecule has 0 fully saturated rings. The van der Waals surface area contributed by atoms with E-state index in [1.807, 2.05) is 5.38 Å². The zero-order valence-corrected chi connectivity index (χ0v) is 18.8. The number of ether oxygens (including phenoxy) is 1. The first-order valence-corrected chi connectivity index (χ1v) is 12.7. The monoisotopic (exact) mass is 462 g/mol. The molecular formula is C21H22N2O4S3. The Kier molecular flexibility index (Phi) is 7.78. The van der Waals surface area contributed by atoms with Gasteiger partial charge in [0.15, 0.2) is 0 Å². The van der Waals surface area contributed by atoms with Crippen molar-refractivity contribution in [2.24, 2.45) is 0 Å². The quantitative estimate of drug-likeness (QED) is 0.441. The van der Waals surface area contributed by atoms with Crippen LogP contribution in [0.25, 0.3) is 0 Å². The Labute approximate surface area is 184 Å². The van der Waals surface area contributed by atoms with E-state index in [0.717, 1.165) is 11.5 Å². The molecule has 1 heterocycles. The summed E-state index contributed by atoms with van der Waals surface area (Å²) < 4.78 is 32.9. The minimum atomic E-state index is -3.82. The second-order valence-corrected chi connectivity index (χ2v) is 9.87. The summed E-state index contributed by atoms with van der Waals surface area (Å²) in [4.78, 5) is 12.4. The Hall–Kier alpha value is -2.49. The van der Waals surface area contributed by atoms with E-state index in [2.05, 4.69) is 21.5 Å². The summed E-state index contributed by atoms with van der Waals surface area (Å²) >= 11 is 3.40. The summed E-state index contributed by atoms with van der Waals surface area (Å²) in [5.74, 6) is 2.01. The van der Waals surface area contributed by atoms with Gasteiger partial charge in [0.2, 0.25) is 0 Å². The van der Waals surface area contributed by atoms with Crippen LogP contribution in [0.15, 0.2) is 70.3 Å². The number of hydrogen-bond acceptors (Lipinski definition) is 6. The Bertz CT molecular complexity index is 1070. The maximum absolute atomic E-state index is 12.7. The van der Waals surface area contributed by atoms with Crippen LogP contribution in [0.1, 0.15) is 15.9 Å². The molecule has 3 aromatic rings. The molecule has 0 saturated carbocycles. The molecule has 6 nitrogen and oxygen atoms in total. The van der Waals surface area contributed by atoms with Gasteiger partial charge in [0, 0.05) is 29.3 Å². The summed E-state index contributed by atoms with van der Waals surface area (Å²) in [6.07, 6.45) is 0. The van der Waals surface area contributed by atoms with Gasteiger partial charge in [-0.25, -0.2) is 8.42 Å². The van der Waals surface area contributed by atoms with Crippen molar-refractivity contribution >= 4 is 44.7 Å². The number of anilines is 1. The van der Waals surface area contributed by atoms with Crippen LogP contribution in [-0.2, 0) is 15.8 Å². The van der Waals surface area contributed by atoms with E-state index in [9.17, 15) is 13.2 Å². The van der Waals surface area contributed by atoms with Gasteiger partial charge in [-0.05, 0) is 64.9 Å². The molecule has 3 rings (SSSR count). The van der Waals surface area contributed by atoms with E-state index in [0.29, 0.717) is 23.5 Å². The molecule has 1 aromatic heterocycles. The van der Waals surface area contributed by atoms with Gasteiger partial charge < -0.3 is 10.1 Å². The van der Waals surface area contributed by atoms with Crippen molar-refractivity contribution in [1.29, 1.82) is 0 Å². The molecule has 0 aliphatic carbocycles. The average Bonchev–Trinajstić information content (AvgIpc) is 3.27. The smallest absolute Gasteiger partial charge is 0.261 e. The summed E-state index contributed by atoms with van der Waals surface area (Å²) in [7, 11) is -2.28. The van der Waals surface area contributed by atoms with Gasteiger partial charge >= 0.3 is 0 Å². The maximum Gasteiger partial charge on any atom is 0.261 e. The van der Waals surface area contributed by atoms with Gasteiger partial charge in [-0.1, -0.05) is 6.07 Å². The maximum atomic E-state index is 12.7. The van der Waals surface area contributed by atoms with E-state index in [-0.39, 0.29) is 10.8 Å². The van der Waals surface area contributed by atoms with Crippen molar-refractivity contribution in [2.45, 2.75) is 10.6 Å². The highest BCUT2D eigenvalue weighted by Gasteiger charge is 2.16. The van der Waals surface area contributed by atoms with Crippen LogP contribution in [0.2, 0.25) is 0 Å². The number of thioether (sulfide) groups is 1. The van der Waals surface area contributed by atoms with Crippen molar-refractivity contribution < 1.29 is 17.9 Å². The molecule has 1 amide bonds. The number of nitrogens with one attached hydrogen (secondary N) is 2. The highest BCUT2D eigenvalue weighted by atomic mass is 32.2. The lowest BCUT2D eigenvalue weighted by Crippen LogP contribution is -2.26. The predicted octanol–water partition coefficient (Wildman–Crippen LogP) is 4.22. The lowest BCUT2D eigenvalue weighted by Gasteiger charge is -2.10. The highest BCUT2D eigenvalue weighted by molar-refractivity contribution is 7.98. The van der Waals surface area contributed by atoms with E-state index >= 15 is 0 Å². The largest absolute Gasteiger partial charge is 0.497 e. The Morgan fingerprint density at radius 3 is 2.63 bits per heavy atom. The number of sulfonamides is 1. The molecule has 9 heteroatoms. The van der Waals surface area contributed by atoms with Crippen LogP contribution in [0, 0.1) is 0 Å². The Morgan fingerprint density at radius 2 is 1.93 bits per heavy atom. The van der Waals surface area contributed by atoms with Crippen LogP contribution in [0.4, 0.5) is 5.69 Å². The van der Waals surface area contributed by atoms with Crippen molar-refractivity contribution in [1.82, 2.24) is 5.32 Å². The first kappa shape index (κ1) is 22.2. The fraction of sp³-hybridized carbons (Fsp3) is 0.190. The topological polar surface area (TPSA) is 84.5 Å². The zero-order valence-electron chi connectivity index (χ0n) is 16.3. The molecule has 2 aromatic carbocycles. The van der Waals surface area contributed by atoms with E-state index in [1.54, 1.807) is 59.5 Å². The van der Waals surface area contributed by atoms with Gasteiger partial charge in [-0.3, -0.25) is 9.52 Å². The fourth-order valence-electron chi connectivity index (χ4n) is 2.58. The van der Waals surface area contributed by atoms with Crippen molar-refractivity contribution in [3.8, 4) is 5.75 Å².